The second kappa shape index (κ2) is 15.0. The Kier molecular flexibility index (Phi) is 13.4. The Morgan fingerprint density at radius 3 is 2.56 bits per heavy atom. The maximum Gasteiger partial charge on any atom is 0.191 e. The zero-order valence-electron chi connectivity index (χ0n) is 16.8. The summed E-state index contributed by atoms with van der Waals surface area (Å²) < 4.78 is 7.15. The van der Waals surface area contributed by atoms with Gasteiger partial charge in [-0.25, -0.2) is 0 Å². The predicted octanol–water partition coefficient (Wildman–Crippen LogP) is 1.73. The van der Waals surface area contributed by atoms with Gasteiger partial charge in [-0.15, -0.1) is 34.2 Å². The Balaban J connectivity index is 0.00000364. The molecule has 2 heterocycles. The zero-order valence-corrected chi connectivity index (χ0v) is 19.1. The van der Waals surface area contributed by atoms with Gasteiger partial charge >= 0.3 is 0 Å². The van der Waals surface area contributed by atoms with Crippen LogP contribution in [0, 0.1) is 0 Å². The number of guanidine groups is 1. The molecule has 0 spiro atoms. The molecule has 156 valence electrons. The Hall–Kier alpha value is -0.940. The standard InChI is InChI=1S/C18H35N7O.HI/c1-3-19-18(20-9-4-5-10-25-15-21-22-16-25)23-17-7-12-24(13-8-17)11-6-14-26-2;/h15-17H,3-14H2,1-2H3,(H2,19,20,23);1H. The van der Waals surface area contributed by atoms with E-state index >= 15 is 0 Å². The fourth-order valence-corrected chi connectivity index (χ4v) is 3.18. The lowest BCUT2D eigenvalue weighted by Crippen LogP contribution is -2.48. The van der Waals surface area contributed by atoms with E-state index < -0.39 is 0 Å². The van der Waals surface area contributed by atoms with Crippen LogP contribution in [-0.2, 0) is 11.3 Å². The molecule has 1 aliphatic rings. The smallest absolute Gasteiger partial charge is 0.191 e. The number of rotatable bonds is 11. The van der Waals surface area contributed by atoms with Crippen LogP contribution in [0.15, 0.2) is 17.6 Å². The molecule has 0 bridgehead atoms. The molecular weight excluding hydrogens is 457 g/mol. The molecule has 1 aromatic heterocycles. The lowest BCUT2D eigenvalue weighted by molar-refractivity contribution is 0.155. The molecule has 2 rings (SSSR count). The number of nitrogens with one attached hydrogen (secondary N) is 2. The molecule has 27 heavy (non-hydrogen) atoms. The second-order valence-electron chi connectivity index (χ2n) is 6.77. The van der Waals surface area contributed by atoms with Crippen LogP contribution in [0.1, 0.15) is 39.0 Å². The van der Waals surface area contributed by atoms with Crippen molar-refractivity contribution in [2.45, 2.75) is 51.6 Å². The normalized spacial score (nSPS) is 16.1. The van der Waals surface area contributed by atoms with E-state index in [1.165, 1.54) is 12.8 Å². The minimum atomic E-state index is 0. The SMILES string of the molecule is CCNC(=NCCCCn1cnnc1)NC1CCN(CCCOC)CC1.I. The summed E-state index contributed by atoms with van der Waals surface area (Å²) >= 11 is 0. The number of aliphatic imine (C=N–C) groups is 1. The molecule has 0 aromatic carbocycles. The van der Waals surface area contributed by atoms with Gasteiger partial charge in [0.15, 0.2) is 5.96 Å². The fraction of sp³-hybridized carbons (Fsp3) is 0.833. The first-order valence-electron chi connectivity index (χ1n) is 9.90. The van der Waals surface area contributed by atoms with Crippen LogP contribution in [0.2, 0.25) is 0 Å². The molecule has 0 saturated carbocycles. The number of methoxy groups -OCH3 is 1. The zero-order chi connectivity index (χ0) is 18.5. The van der Waals surface area contributed by atoms with Gasteiger partial charge in [0, 0.05) is 59.0 Å². The van der Waals surface area contributed by atoms with Gasteiger partial charge in [0.2, 0.25) is 0 Å². The Morgan fingerprint density at radius 1 is 1.15 bits per heavy atom. The van der Waals surface area contributed by atoms with Gasteiger partial charge in [0.1, 0.15) is 12.7 Å². The van der Waals surface area contributed by atoms with Crippen molar-refractivity contribution in [3.05, 3.63) is 12.7 Å². The van der Waals surface area contributed by atoms with Crippen LogP contribution in [0.4, 0.5) is 0 Å². The molecule has 0 atom stereocenters. The van der Waals surface area contributed by atoms with Gasteiger partial charge in [0.05, 0.1) is 0 Å². The third-order valence-electron chi connectivity index (χ3n) is 4.66. The number of ether oxygens (including phenoxy) is 1. The quantitative estimate of drug-likeness (QED) is 0.212. The van der Waals surface area contributed by atoms with Gasteiger partial charge in [0.25, 0.3) is 0 Å². The molecule has 9 heteroatoms. The van der Waals surface area contributed by atoms with Crippen molar-refractivity contribution in [3.63, 3.8) is 0 Å². The highest BCUT2D eigenvalue weighted by molar-refractivity contribution is 14.0. The van der Waals surface area contributed by atoms with E-state index in [-0.39, 0.29) is 24.0 Å². The molecular formula is C18H36IN7O. The van der Waals surface area contributed by atoms with Crippen molar-refractivity contribution in [2.75, 3.05) is 46.4 Å². The summed E-state index contributed by atoms with van der Waals surface area (Å²) in [5.41, 5.74) is 0. The monoisotopic (exact) mass is 493 g/mol. The number of unbranched alkanes of at least 4 members (excludes halogenated alkanes) is 1. The minimum absolute atomic E-state index is 0. The summed E-state index contributed by atoms with van der Waals surface area (Å²) in [6.45, 7) is 9.10. The highest BCUT2D eigenvalue weighted by atomic mass is 127. The molecule has 0 unspecified atom stereocenters. The first-order valence-corrected chi connectivity index (χ1v) is 9.90. The largest absolute Gasteiger partial charge is 0.385 e. The van der Waals surface area contributed by atoms with Crippen LogP contribution in [0.5, 0.6) is 0 Å². The van der Waals surface area contributed by atoms with Crippen molar-refractivity contribution in [1.29, 1.82) is 0 Å². The van der Waals surface area contributed by atoms with E-state index in [4.69, 9.17) is 9.73 Å². The van der Waals surface area contributed by atoms with Crippen LogP contribution >= 0.6 is 24.0 Å². The molecule has 8 nitrogen and oxygen atoms in total. The van der Waals surface area contributed by atoms with Crippen LogP contribution in [0.3, 0.4) is 0 Å². The summed E-state index contributed by atoms with van der Waals surface area (Å²) in [5, 5.41) is 14.6. The number of piperidine rings is 1. The van der Waals surface area contributed by atoms with Gasteiger partial charge in [-0.3, -0.25) is 4.99 Å². The van der Waals surface area contributed by atoms with Crippen LogP contribution in [-0.4, -0.2) is 78.1 Å². The minimum Gasteiger partial charge on any atom is -0.385 e. The van der Waals surface area contributed by atoms with E-state index in [0.717, 1.165) is 71.1 Å². The second-order valence-corrected chi connectivity index (χ2v) is 6.77. The maximum absolute atomic E-state index is 5.14. The molecule has 1 aromatic rings. The maximum atomic E-state index is 5.14. The van der Waals surface area contributed by atoms with E-state index in [1.54, 1.807) is 19.8 Å². The average Bonchev–Trinajstić information content (AvgIpc) is 3.17. The number of hydrogen-bond acceptors (Lipinski definition) is 5. The number of nitrogens with zero attached hydrogens (tertiary/aromatic N) is 5. The van der Waals surface area contributed by atoms with Crippen molar-refractivity contribution in [2.24, 2.45) is 4.99 Å². The van der Waals surface area contributed by atoms with Crippen LogP contribution in [0.25, 0.3) is 0 Å². The number of aryl methyl sites for hydroxylation is 1. The lowest BCUT2D eigenvalue weighted by Gasteiger charge is -2.33. The van der Waals surface area contributed by atoms with Gasteiger partial charge in [-0.05, 0) is 39.0 Å². The summed E-state index contributed by atoms with van der Waals surface area (Å²) in [6, 6.07) is 0.517. The summed E-state index contributed by atoms with van der Waals surface area (Å²) in [5.74, 6) is 0.953. The van der Waals surface area contributed by atoms with Crippen molar-refractivity contribution in [3.8, 4) is 0 Å². The van der Waals surface area contributed by atoms with Crippen molar-refractivity contribution >= 4 is 29.9 Å². The third kappa shape index (κ3) is 10.2. The summed E-state index contributed by atoms with van der Waals surface area (Å²) in [6.07, 6.45) is 9.13. The molecule has 1 aliphatic heterocycles. The number of halogens is 1. The first-order chi connectivity index (χ1) is 12.8. The summed E-state index contributed by atoms with van der Waals surface area (Å²) in [4.78, 5) is 7.26. The molecule has 0 amide bonds. The average molecular weight is 493 g/mol. The van der Waals surface area contributed by atoms with E-state index in [1.807, 2.05) is 4.57 Å². The van der Waals surface area contributed by atoms with Crippen molar-refractivity contribution in [1.82, 2.24) is 30.3 Å². The lowest BCUT2D eigenvalue weighted by atomic mass is 10.1. The Labute approximate surface area is 180 Å². The molecule has 1 saturated heterocycles. The van der Waals surface area contributed by atoms with Gasteiger partial charge in [-0.1, -0.05) is 0 Å². The van der Waals surface area contributed by atoms with E-state index in [0.29, 0.717) is 6.04 Å². The molecule has 1 fully saturated rings. The Bertz CT molecular complexity index is 490. The van der Waals surface area contributed by atoms with Gasteiger partial charge in [-0.2, -0.15) is 0 Å². The van der Waals surface area contributed by atoms with E-state index in [2.05, 4.69) is 32.7 Å². The fourth-order valence-electron chi connectivity index (χ4n) is 3.18. The number of aromatic nitrogens is 3. The van der Waals surface area contributed by atoms with Crippen LogP contribution < -0.4 is 10.6 Å². The van der Waals surface area contributed by atoms with E-state index in [9.17, 15) is 0 Å². The molecule has 0 radical (unpaired) electrons. The molecule has 0 aliphatic carbocycles. The first kappa shape index (κ1) is 24.1. The predicted molar refractivity (Wildman–Crippen MR) is 120 cm³/mol. The topological polar surface area (TPSA) is 79.6 Å². The Morgan fingerprint density at radius 2 is 1.89 bits per heavy atom. The highest BCUT2D eigenvalue weighted by Crippen LogP contribution is 2.10. The van der Waals surface area contributed by atoms with Crippen molar-refractivity contribution < 1.29 is 4.74 Å². The van der Waals surface area contributed by atoms with Gasteiger partial charge < -0.3 is 24.8 Å². The number of likely N-dealkylation sites (tertiary alicyclic amines) is 1. The molecule has 2 N–H and O–H groups in total. The number of hydrogen-bond donors (Lipinski definition) is 2. The highest BCUT2D eigenvalue weighted by Gasteiger charge is 2.19. The third-order valence-corrected chi connectivity index (χ3v) is 4.66. The summed E-state index contributed by atoms with van der Waals surface area (Å²) in [7, 11) is 1.77.